The number of carbonyl (C=O) groups is 1. The van der Waals surface area contributed by atoms with Gasteiger partial charge < -0.3 is 9.47 Å². The first-order valence-electron chi connectivity index (χ1n) is 11.9. The Labute approximate surface area is 186 Å². The monoisotopic (exact) mass is 420 g/mol. The van der Waals surface area contributed by atoms with Gasteiger partial charge in [-0.1, -0.05) is 76.8 Å². The Bertz CT molecular complexity index is 858. The molecule has 0 atom stereocenters. The van der Waals surface area contributed by atoms with Crippen LogP contribution < -0.4 is 4.90 Å². The van der Waals surface area contributed by atoms with Gasteiger partial charge in [0.15, 0.2) is 0 Å². The molecule has 1 aromatic carbocycles. The van der Waals surface area contributed by atoms with E-state index in [0.717, 1.165) is 43.0 Å². The van der Waals surface area contributed by atoms with Crippen molar-refractivity contribution in [3.8, 4) is 11.4 Å². The van der Waals surface area contributed by atoms with Crippen LogP contribution in [-0.2, 0) is 11.3 Å². The molecule has 0 saturated carbocycles. The van der Waals surface area contributed by atoms with Gasteiger partial charge in [0.2, 0.25) is 6.41 Å². The maximum atomic E-state index is 11.6. The molecule has 0 N–H and O–H groups in total. The van der Waals surface area contributed by atoms with Crippen molar-refractivity contribution in [2.45, 2.75) is 77.7 Å². The second kappa shape index (κ2) is 12.9. The first kappa shape index (κ1) is 23.0. The van der Waals surface area contributed by atoms with E-state index in [9.17, 15) is 4.79 Å². The van der Waals surface area contributed by atoms with Crippen LogP contribution >= 0.6 is 0 Å². The van der Waals surface area contributed by atoms with E-state index in [2.05, 4.69) is 33.6 Å². The third kappa shape index (κ3) is 7.50. The summed E-state index contributed by atoms with van der Waals surface area (Å²) in [6.07, 6.45) is 19.6. The summed E-state index contributed by atoms with van der Waals surface area (Å²) in [6, 6.07) is 10.3. The number of hydrogen-bond donors (Lipinski definition) is 0. The molecule has 0 spiro atoms. The smallest absolute Gasteiger partial charge is 0.214 e. The summed E-state index contributed by atoms with van der Waals surface area (Å²) in [4.78, 5) is 21.9. The number of aromatic nitrogens is 3. The summed E-state index contributed by atoms with van der Waals surface area (Å²) < 4.78 is 2.10. The molecule has 3 rings (SSSR count). The summed E-state index contributed by atoms with van der Waals surface area (Å²) in [5.74, 6) is 0. The maximum absolute atomic E-state index is 11.6. The van der Waals surface area contributed by atoms with Crippen molar-refractivity contribution >= 4 is 12.1 Å². The van der Waals surface area contributed by atoms with Crippen LogP contribution in [0.25, 0.3) is 11.4 Å². The van der Waals surface area contributed by atoms with Gasteiger partial charge in [-0.25, -0.2) is 9.97 Å². The van der Waals surface area contributed by atoms with E-state index >= 15 is 0 Å². The summed E-state index contributed by atoms with van der Waals surface area (Å²) in [7, 11) is 0. The Morgan fingerprint density at radius 3 is 2.16 bits per heavy atom. The molecule has 0 unspecified atom stereocenters. The number of benzene rings is 1. The highest BCUT2D eigenvalue weighted by Gasteiger charge is 2.07. The van der Waals surface area contributed by atoms with Crippen LogP contribution in [0.3, 0.4) is 0 Å². The number of unbranched alkanes of at least 4 members (excludes halogenated alkanes) is 9. The second-order valence-corrected chi connectivity index (χ2v) is 8.41. The Hall–Kier alpha value is -2.69. The highest BCUT2D eigenvalue weighted by atomic mass is 16.1. The molecule has 2 heterocycles. The molecular weight excluding hydrogens is 384 g/mol. The Kier molecular flexibility index (Phi) is 9.55. The molecule has 5 nitrogen and oxygen atoms in total. The fraction of sp³-hybridized carbons (Fsp3) is 0.500. The van der Waals surface area contributed by atoms with Crippen molar-refractivity contribution in [3.05, 3.63) is 54.6 Å². The zero-order valence-electron chi connectivity index (χ0n) is 18.9. The van der Waals surface area contributed by atoms with Gasteiger partial charge in [0.05, 0.1) is 5.69 Å². The van der Waals surface area contributed by atoms with Crippen LogP contribution in [0.4, 0.5) is 5.69 Å². The summed E-state index contributed by atoms with van der Waals surface area (Å²) >= 11 is 0. The Morgan fingerprint density at radius 2 is 1.48 bits per heavy atom. The van der Waals surface area contributed by atoms with Gasteiger partial charge in [-0.3, -0.25) is 4.79 Å². The zero-order valence-corrected chi connectivity index (χ0v) is 18.9. The lowest BCUT2D eigenvalue weighted by Crippen LogP contribution is -2.22. The molecule has 1 aromatic rings. The summed E-state index contributed by atoms with van der Waals surface area (Å²) in [5, 5.41) is 0. The van der Waals surface area contributed by atoms with Crippen molar-refractivity contribution in [2.75, 3.05) is 11.4 Å². The third-order valence-electron chi connectivity index (χ3n) is 5.88. The SMILES string of the molecule is CCCCCCCCCCCCN(C=O)c1ccc(Cn2ccc3ncnc-3c2)cc1. The lowest BCUT2D eigenvalue weighted by Gasteiger charge is -2.18. The van der Waals surface area contributed by atoms with Gasteiger partial charge in [0, 0.05) is 31.2 Å². The van der Waals surface area contributed by atoms with E-state index in [0.29, 0.717) is 0 Å². The lowest BCUT2D eigenvalue weighted by molar-refractivity contribution is -0.107. The summed E-state index contributed by atoms with van der Waals surface area (Å²) in [5.41, 5.74) is 3.98. The zero-order chi connectivity index (χ0) is 21.7. The maximum Gasteiger partial charge on any atom is 0.214 e. The number of imidazole rings is 1. The fourth-order valence-electron chi connectivity index (χ4n) is 3.99. The molecule has 2 aliphatic rings. The van der Waals surface area contributed by atoms with Crippen molar-refractivity contribution in [1.82, 2.24) is 14.5 Å². The van der Waals surface area contributed by atoms with Crippen LogP contribution in [-0.4, -0.2) is 27.5 Å². The highest BCUT2D eigenvalue weighted by Crippen LogP contribution is 2.19. The normalized spacial score (nSPS) is 11.1. The van der Waals surface area contributed by atoms with E-state index in [-0.39, 0.29) is 0 Å². The molecule has 5 heteroatoms. The molecule has 0 bridgehead atoms. The minimum atomic E-state index is 0.766. The van der Waals surface area contributed by atoms with Gasteiger partial charge in [0.25, 0.3) is 0 Å². The van der Waals surface area contributed by atoms with E-state index in [1.54, 1.807) is 6.33 Å². The number of hydrogen-bond acceptors (Lipinski definition) is 3. The quantitative estimate of drug-likeness (QED) is 0.214. The van der Waals surface area contributed by atoms with Crippen LogP contribution in [0.5, 0.6) is 0 Å². The van der Waals surface area contributed by atoms with Crippen molar-refractivity contribution < 1.29 is 4.79 Å². The second-order valence-electron chi connectivity index (χ2n) is 8.41. The van der Waals surface area contributed by atoms with Crippen molar-refractivity contribution in [1.29, 1.82) is 0 Å². The molecule has 2 aliphatic heterocycles. The highest BCUT2D eigenvalue weighted by molar-refractivity contribution is 5.74. The first-order chi connectivity index (χ1) is 15.3. The van der Waals surface area contributed by atoms with E-state index in [1.165, 1.54) is 63.4 Å². The van der Waals surface area contributed by atoms with Crippen LogP contribution in [0, 0.1) is 0 Å². The van der Waals surface area contributed by atoms with Gasteiger partial charge in [-0.05, 0) is 30.2 Å². The van der Waals surface area contributed by atoms with Gasteiger partial charge in [-0.15, -0.1) is 0 Å². The van der Waals surface area contributed by atoms with Crippen LogP contribution in [0.1, 0.15) is 76.7 Å². The number of nitrogens with zero attached hydrogens (tertiary/aromatic N) is 4. The van der Waals surface area contributed by atoms with E-state index in [1.807, 2.05) is 35.5 Å². The molecule has 166 valence electrons. The number of pyridine rings is 1. The third-order valence-corrected chi connectivity index (χ3v) is 5.88. The van der Waals surface area contributed by atoms with Gasteiger partial charge in [0.1, 0.15) is 12.0 Å². The predicted molar refractivity (Wildman–Crippen MR) is 127 cm³/mol. The molecular formula is C26H36N4O. The fourth-order valence-corrected chi connectivity index (χ4v) is 3.99. The molecule has 0 saturated heterocycles. The molecule has 1 amide bonds. The minimum Gasteiger partial charge on any atom is -0.348 e. The number of carbonyl (C=O) groups excluding carboxylic acids is 1. The number of amides is 1. The number of fused-ring (bicyclic) bond motifs is 1. The summed E-state index contributed by atoms with van der Waals surface area (Å²) in [6.45, 7) is 3.82. The lowest BCUT2D eigenvalue weighted by atomic mass is 10.1. The van der Waals surface area contributed by atoms with E-state index < -0.39 is 0 Å². The standard InChI is InChI=1S/C26H36N4O/c1-2-3-4-5-6-7-8-9-10-11-17-30(22-31)24-14-12-23(13-15-24)19-29-18-16-25-26(20-29)28-21-27-25/h12-16,18,20-22H,2-11,17,19H2,1H3. The Morgan fingerprint density at radius 1 is 0.839 bits per heavy atom. The molecule has 0 aromatic heterocycles. The number of rotatable bonds is 15. The van der Waals surface area contributed by atoms with Crippen LogP contribution in [0.15, 0.2) is 49.1 Å². The molecule has 31 heavy (non-hydrogen) atoms. The molecule has 0 radical (unpaired) electrons. The average molecular weight is 421 g/mol. The molecule has 0 fully saturated rings. The van der Waals surface area contributed by atoms with Crippen molar-refractivity contribution in [2.24, 2.45) is 0 Å². The first-order valence-corrected chi connectivity index (χ1v) is 11.9. The Balaban J connectivity index is 1.37. The topological polar surface area (TPSA) is 51.0 Å². The minimum absolute atomic E-state index is 0.766. The largest absolute Gasteiger partial charge is 0.348 e. The average Bonchev–Trinajstić information content (AvgIpc) is 3.26. The van der Waals surface area contributed by atoms with E-state index in [4.69, 9.17) is 0 Å². The number of anilines is 1. The van der Waals surface area contributed by atoms with Crippen molar-refractivity contribution in [3.63, 3.8) is 0 Å². The van der Waals surface area contributed by atoms with Gasteiger partial charge in [-0.2, -0.15) is 0 Å². The molecule has 0 aliphatic carbocycles. The van der Waals surface area contributed by atoms with Crippen LogP contribution in [0.2, 0.25) is 0 Å². The predicted octanol–water partition coefficient (Wildman–Crippen LogP) is 6.31. The van der Waals surface area contributed by atoms with Gasteiger partial charge >= 0.3 is 0 Å².